The number of thioether (sulfide) groups is 1. The maximum Gasteiger partial charge on any atom is 0.157 e. The van der Waals surface area contributed by atoms with Crippen LogP contribution in [0, 0.1) is 0 Å². The molecule has 0 aliphatic carbocycles. The predicted molar refractivity (Wildman–Crippen MR) is 70.3 cm³/mol. The number of hydrogen-bond acceptors (Lipinski definition) is 3. The van der Waals surface area contributed by atoms with E-state index in [2.05, 4.69) is 10.3 Å². The molecule has 0 amide bonds. The second-order valence-electron chi connectivity index (χ2n) is 2.99. The summed E-state index contributed by atoms with van der Waals surface area (Å²) in [4.78, 5) is 4.31. The van der Waals surface area contributed by atoms with Gasteiger partial charge in [0.25, 0.3) is 0 Å². The average Bonchev–Trinajstić information content (AvgIpc) is 2.69. The highest BCUT2D eigenvalue weighted by atomic mass is 35.5. The molecule has 15 heavy (non-hydrogen) atoms. The van der Waals surface area contributed by atoms with E-state index in [-0.39, 0.29) is 12.4 Å². The van der Waals surface area contributed by atoms with E-state index in [1.54, 1.807) is 11.8 Å². The predicted octanol–water partition coefficient (Wildman–Crippen LogP) is 2.95. The van der Waals surface area contributed by atoms with Gasteiger partial charge in [-0.25, -0.2) is 0 Å². The van der Waals surface area contributed by atoms with Gasteiger partial charge in [-0.3, -0.25) is 4.99 Å². The van der Waals surface area contributed by atoms with Gasteiger partial charge < -0.3 is 5.32 Å². The van der Waals surface area contributed by atoms with Crippen molar-refractivity contribution in [2.24, 2.45) is 4.99 Å². The molecule has 1 aromatic rings. The number of nitrogens with zero attached hydrogens (tertiary/aromatic N) is 1. The lowest BCUT2D eigenvalue weighted by Crippen LogP contribution is -2.15. The van der Waals surface area contributed by atoms with Crippen LogP contribution in [0.25, 0.3) is 0 Å². The monoisotopic (exact) mass is 262 g/mol. The summed E-state index contributed by atoms with van der Waals surface area (Å²) >= 11 is 7.74. The largest absolute Gasteiger partial charge is 0.363 e. The Balaban J connectivity index is 0.00000112. The molecule has 0 atom stereocenters. The van der Waals surface area contributed by atoms with E-state index in [9.17, 15) is 0 Å². The summed E-state index contributed by atoms with van der Waals surface area (Å²) in [5, 5.41) is 5.08. The molecular formula is C10H12Cl2N2S. The first kappa shape index (κ1) is 12.7. The van der Waals surface area contributed by atoms with E-state index in [1.165, 1.54) is 0 Å². The fourth-order valence-electron chi connectivity index (χ4n) is 1.23. The van der Waals surface area contributed by atoms with Crippen molar-refractivity contribution in [1.29, 1.82) is 0 Å². The van der Waals surface area contributed by atoms with Crippen LogP contribution < -0.4 is 5.32 Å². The van der Waals surface area contributed by atoms with E-state index in [1.807, 2.05) is 24.3 Å². The maximum absolute atomic E-state index is 6.04. The summed E-state index contributed by atoms with van der Waals surface area (Å²) in [6.07, 6.45) is 0. The molecular weight excluding hydrogens is 251 g/mol. The standard InChI is InChI=1S/C10H11ClN2S.ClH/c11-9-4-2-1-3-8(9)7-14-10-12-5-6-13-10;/h1-4H,5-7H2,(H,12,13);1H. The molecule has 1 N–H and O–H groups in total. The lowest BCUT2D eigenvalue weighted by Gasteiger charge is -2.03. The summed E-state index contributed by atoms with van der Waals surface area (Å²) in [6, 6.07) is 7.92. The van der Waals surface area contributed by atoms with E-state index in [0.29, 0.717) is 0 Å². The third-order valence-electron chi connectivity index (χ3n) is 1.97. The van der Waals surface area contributed by atoms with Crippen LogP contribution in [0.3, 0.4) is 0 Å². The van der Waals surface area contributed by atoms with Crippen molar-refractivity contribution in [2.45, 2.75) is 5.75 Å². The molecule has 1 aromatic carbocycles. The Bertz CT molecular complexity index is 355. The van der Waals surface area contributed by atoms with E-state index in [0.717, 1.165) is 34.6 Å². The van der Waals surface area contributed by atoms with Crippen LogP contribution >= 0.6 is 35.8 Å². The van der Waals surface area contributed by atoms with Crippen LogP contribution in [0.1, 0.15) is 5.56 Å². The van der Waals surface area contributed by atoms with Crippen molar-refractivity contribution in [3.63, 3.8) is 0 Å². The Labute approximate surface area is 105 Å². The lowest BCUT2D eigenvalue weighted by atomic mass is 10.2. The number of amidine groups is 1. The highest BCUT2D eigenvalue weighted by Crippen LogP contribution is 2.21. The zero-order valence-electron chi connectivity index (χ0n) is 8.07. The van der Waals surface area contributed by atoms with Gasteiger partial charge in [0.1, 0.15) is 0 Å². The van der Waals surface area contributed by atoms with Gasteiger partial charge >= 0.3 is 0 Å². The van der Waals surface area contributed by atoms with Crippen LogP contribution in [0.2, 0.25) is 5.02 Å². The molecule has 1 aliphatic rings. The Morgan fingerprint density at radius 3 is 2.87 bits per heavy atom. The SMILES string of the molecule is Cl.Clc1ccccc1CSC1=NCCN1. The van der Waals surface area contributed by atoms with Crippen LogP contribution in [0.15, 0.2) is 29.3 Å². The molecule has 1 heterocycles. The van der Waals surface area contributed by atoms with Crippen molar-refractivity contribution in [2.75, 3.05) is 13.1 Å². The molecule has 0 radical (unpaired) electrons. The van der Waals surface area contributed by atoms with Gasteiger partial charge in [-0.05, 0) is 11.6 Å². The molecule has 0 bridgehead atoms. The average molecular weight is 263 g/mol. The normalized spacial score (nSPS) is 14.1. The number of hydrogen-bond donors (Lipinski definition) is 1. The molecule has 0 aromatic heterocycles. The van der Waals surface area contributed by atoms with Gasteiger partial charge in [0.05, 0.1) is 6.54 Å². The summed E-state index contributed by atoms with van der Waals surface area (Å²) in [6.45, 7) is 1.86. The number of benzene rings is 1. The van der Waals surface area contributed by atoms with Gasteiger partial charge in [-0.1, -0.05) is 41.6 Å². The summed E-state index contributed by atoms with van der Waals surface area (Å²) < 4.78 is 0. The third-order valence-corrected chi connectivity index (χ3v) is 3.34. The van der Waals surface area contributed by atoms with Crippen LogP contribution in [0.5, 0.6) is 0 Å². The van der Waals surface area contributed by atoms with Gasteiger partial charge in [0, 0.05) is 17.3 Å². The highest BCUT2D eigenvalue weighted by molar-refractivity contribution is 8.13. The zero-order valence-corrected chi connectivity index (χ0v) is 10.5. The summed E-state index contributed by atoms with van der Waals surface area (Å²) in [7, 11) is 0. The van der Waals surface area contributed by atoms with Crippen molar-refractivity contribution in [3.05, 3.63) is 34.9 Å². The minimum absolute atomic E-state index is 0. The van der Waals surface area contributed by atoms with Crippen LogP contribution in [-0.4, -0.2) is 18.3 Å². The minimum Gasteiger partial charge on any atom is -0.363 e. The lowest BCUT2D eigenvalue weighted by molar-refractivity contribution is 0.963. The van der Waals surface area contributed by atoms with Crippen LogP contribution in [0.4, 0.5) is 0 Å². The van der Waals surface area contributed by atoms with E-state index < -0.39 is 0 Å². The third kappa shape index (κ3) is 3.59. The Hall–Kier alpha value is -0.380. The zero-order chi connectivity index (χ0) is 9.80. The smallest absolute Gasteiger partial charge is 0.157 e. The fraction of sp³-hybridized carbons (Fsp3) is 0.300. The Morgan fingerprint density at radius 1 is 1.40 bits per heavy atom. The Morgan fingerprint density at radius 2 is 2.20 bits per heavy atom. The van der Waals surface area contributed by atoms with Crippen molar-refractivity contribution in [1.82, 2.24) is 5.32 Å². The van der Waals surface area contributed by atoms with E-state index >= 15 is 0 Å². The molecule has 1 aliphatic heterocycles. The molecule has 2 rings (SSSR count). The van der Waals surface area contributed by atoms with E-state index in [4.69, 9.17) is 11.6 Å². The fourth-order valence-corrected chi connectivity index (χ4v) is 2.45. The highest BCUT2D eigenvalue weighted by Gasteiger charge is 2.06. The molecule has 0 saturated heterocycles. The van der Waals surface area contributed by atoms with Gasteiger partial charge in [-0.2, -0.15) is 0 Å². The van der Waals surface area contributed by atoms with Gasteiger partial charge in [-0.15, -0.1) is 12.4 Å². The molecule has 2 nitrogen and oxygen atoms in total. The minimum atomic E-state index is 0. The molecule has 82 valence electrons. The van der Waals surface area contributed by atoms with Gasteiger partial charge in [0.15, 0.2) is 5.17 Å². The number of halogens is 2. The molecule has 5 heteroatoms. The second kappa shape index (κ2) is 6.26. The number of rotatable bonds is 2. The first-order valence-electron chi connectivity index (χ1n) is 4.51. The van der Waals surface area contributed by atoms with Gasteiger partial charge in [0.2, 0.25) is 0 Å². The number of nitrogens with one attached hydrogen (secondary N) is 1. The molecule has 0 spiro atoms. The van der Waals surface area contributed by atoms with Crippen molar-refractivity contribution in [3.8, 4) is 0 Å². The maximum atomic E-state index is 6.04. The quantitative estimate of drug-likeness (QED) is 0.887. The van der Waals surface area contributed by atoms with Crippen molar-refractivity contribution < 1.29 is 0 Å². The first-order chi connectivity index (χ1) is 6.86. The first-order valence-corrected chi connectivity index (χ1v) is 5.87. The van der Waals surface area contributed by atoms with Crippen molar-refractivity contribution >= 4 is 40.9 Å². The summed E-state index contributed by atoms with van der Waals surface area (Å²) in [5.74, 6) is 0.880. The molecule has 0 unspecified atom stereocenters. The molecule has 0 saturated carbocycles. The topological polar surface area (TPSA) is 24.4 Å². The van der Waals surface area contributed by atoms with Crippen LogP contribution in [-0.2, 0) is 5.75 Å². The number of aliphatic imine (C=N–C) groups is 1. The molecule has 0 fully saturated rings. The summed E-state index contributed by atoms with van der Waals surface area (Å²) in [5.41, 5.74) is 1.16. The Kier molecular flexibility index (Phi) is 5.29. The second-order valence-corrected chi connectivity index (χ2v) is 4.36.